The van der Waals surface area contributed by atoms with E-state index in [-0.39, 0.29) is 17.9 Å². The lowest BCUT2D eigenvalue weighted by Gasteiger charge is -2.40. The van der Waals surface area contributed by atoms with Crippen molar-refractivity contribution < 1.29 is 14.3 Å². The summed E-state index contributed by atoms with van der Waals surface area (Å²) >= 11 is 0. The summed E-state index contributed by atoms with van der Waals surface area (Å²) in [4.78, 5) is 41.0. The summed E-state index contributed by atoms with van der Waals surface area (Å²) in [5.74, 6) is 1.34. The van der Waals surface area contributed by atoms with Crippen molar-refractivity contribution >= 4 is 17.6 Å². The number of benzene rings is 1. The normalized spacial score (nSPS) is 20.4. The van der Waals surface area contributed by atoms with Crippen molar-refractivity contribution in [2.24, 2.45) is 0 Å². The highest BCUT2D eigenvalue weighted by atomic mass is 16.5. The van der Waals surface area contributed by atoms with Crippen LogP contribution in [0, 0.1) is 13.8 Å². The zero-order chi connectivity index (χ0) is 25.9. The standard InChI is InChI=1S/C28H32N6O3/c1-17-13-30-21(15-29-17)16-32-27(35)19-7-10-26(31-14-19)34-22-8-9-23(34)12-20(11-22)33-28(36)24-5-4-6-25(37-3)18(24)2/h4-7,10,13-15,20,22-23H,8-9,11-12,16H2,1-3H3,(H,32,35)(H,33,36)/t20?,22-,23+. The maximum Gasteiger partial charge on any atom is 0.253 e. The minimum absolute atomic E-state index is 0.0561. The molecule has 3 aromatic rings. The molecule has 2 N–H and O–H groups in total. The van der Waals surface area contributed by atoms with Crippen molar-refractivity contribution in [2.45, 2.75) is 64.2 Å². The number of nitrogens with one attached hydrogen (secondary N) is 2. The molecule has 37 heavy (non-hydrogen) atoms. The first-order valence-electron chi connectivity index (χ1n) is 12.7. The molecule has 9 nitrogen and oxygen atoms in total. The second-order valence-electron chi connectivity index (χ2n) is 9.80. The van der Waals surface area contributed by atoms with Crippen LogP contribution in [0.25, 0.3) is 0 Å². The number of ether oxygens (including phenoxy) is 1. The van der Waals surface area contributed by atoms with Crippen LogP contribution in [0.15, 0.2) is 48.9 Å². The van der Waals surface area contributed by atoms with Gasteiger partial charge in [0.2, 0.25) is 0 Å². The molecule has 2 aliphatic rings. The molecule has 1 aromatic carbocycles. The topological polar surface area (TPSA) is 109 Å². The van der Waals surface area contributed by atoms with Crippen LogP contribution in [0.2, 0.25) is 0 Å². The van der Waals surface area contributed by atoms with Gasteiger partial charge in [0.05, 0.1) is 36.8 Å². The minimum Gasteiger partial charge on any atom is -0.496 e. The van der Waals surface area contributed by atoms with E-state index in [0.29, 0.717) is 35.4 Å². The molecule has 2 fully saturated rings. The van der Waals surface area contributed by atoms with E-state index in [1.165, 1.54) is 0 Å². The lowest BCUT2D eigenvalue weighted by molar-refractivity contribution is 0.0923. The van der Waals surface area contributed by atoms with Crippen LogP contribution < -0.4 is 20.3 Å². The van der Waals surface area contributed by atoms with Gasteiger partial charge in [-0.3, -0.25) is 19.6 Å². The molecule has 2 bridgehead atoms. The number of aromatic nitrogens is 3. The van der Waals surface area contributed by atoms with Crippen LogP contribution >= 0.6 is 0 Å². The highest BCUT2D eigenvalue weighted by Crippen LogP contribution is 2.38. The van der Waals surface area contributed by atoms with Crippen LogP contribution in [0.5, 0.6) is 5.75 Å². The SMILES string of the molecule is COc1cccc(C(=O)NC2C[C@H]3CC[C@@H](C2)N3c2ccc(C(=O)NCc3cnc(C)cn3)cn2)c1C. The van der Waals surface area contributed by atoms with Crippen molar-refractivity contribution in [3.63, 3.8) is 0 Å². The maximum absolute atomic E-state index is 13.0. The fourth-order valence-corrected chi connectivity index (χ4v) is 5.47. The van der Waals surface area contributed by atoms with Gasteiger partial charge in [-0.2, -0.15) is 0 Å². The third-order valence-electron chi connectivity index (χ3n) is 7.36. The Morgan fingerprint density at radius 3 is 2.41 bits per heavy atom. The molecule has 5 rings (SSSR count). The Hall–Kier alpha value is -4.01. The molecule has 192 valence electrons. The smallest absolute Gasteiger partial charge is 0.253 e. The van der Waals surface area contributed by atoms with Crippen molar-refractivity contribution in [3.8, 4) is 5.75 Å². The fourth-order valence-electron chi connectivity index (χ4n) is 5.47. The predicted octanol–water partition coefficient (Wildman–Crippen LogP) is 3.36. The zero-order valence-electron chi connectivity index (χ0n) is 21.4. The van der Waals surface area contributed by atoms with Gasteiger partial charge in [-0.25, -0.2) is 4.98 Å². The molecular formula is C28H32N6O3. The highest BCUT2D eigenvalue weighted by Gasteiger charge is 2.42. The first-order chi connectivity index (χ1) is 17.9. The number of carbonyl (C=O) groups is 2. The van der Waals surface area contributed by atoms with Gasteiger partial charge in [0.1, 0.15) is 11.6 Å². The quantitative estimate of drug-likeness (QED) is 0.512. The molecule has 0 aliphatic carbocycles. The Bertz CT molecular complexity index is 1260. The van der Waals surface area contributed by atoms with Gasteiger partial charge in [-0.15, -0.1) is 0 Å². The van der Waals surface area contributed by atoms with E-state index >= 15 is 0 Å². The molecular weight excluding hydrogens is 468 g/mol. The van der Waals surface area contributed by atoms with Crippen LogP contribution in [-0.4, -0.2) is 52.0 Å². The van der Waals surface area contributed by atoms with Crippen molar-refractivity contribution in [2.75, 3.05) is 12.0 Å². The van der Waals surface area contributed by atoms with Crippen LogP contribution in [0.4, 0.5) is 5.82 Å². The number of piperidine rings is 1. The Labute approximate surface area is 216 Å². The monoisotopic (exact) mass is 500 g/mol. The number of carbonyl (C=O) groups excluding carboxylic acids is 2. The lowest BCUT2D eigenvalue weighted by Crippen LogP contribution is -2.50. The fraction of sp³-hybridized carbons (Fsp3) is 0.393. The molecule has 1 unspecified atom stereocenters. The van der Waals surface area contributed by atoms with Gasteiger partial charge in [-0.05, 0) is 63.8 Å². The van der Waals surface area contributed by atoms with Crippen molar-refractivity contribution in [3.05, 3.63) is 77.0 Å². The lowest BCUT2D eigenvalue weighted by atomic mass is 9.96. The summed E-state index contributed by atoms with van der Waals surface area (Å²) in [6.45, 7) is 4.09. The van der Waals surface area contributed by atoms with Crippen molar-refractivity contribution in [1.82, 2.24) is 25.6 Å². The first-order valence-corrected chi connectivity index (χ1v) is 12.7. The van der Waals surface area contributed by atoms with Crippen molar-refractivity contribution in [1.29, 1.82) is 0 Å². The summed E-state index contributed by atoms with van der Waals surface area (Å²) < 4.78 is 5.37. The maximum atomic E-state index is 13.0. The molecule has 2 saturated heterocycles. The van der Waals surface area contributed by atoms with E-state index in [4.69, 9.17) is 4.74 Å². The summed E-state index contributed by atoms with van der Waals surface area (Å²) in [5.41, 5.74) is 3.55. The number of hydrogen-bond donors (Lipinski definition) is 2. The Balaban J connectivity index is 1.19. The van der Waals surface area contributed by atoms with Gasteiger partial charge < -0.3 is 20.3 Å². The van der Waals surface area contributed by atoms with E-state index in [9.17, 15) is 9.59 Å². The van der Waals surface area contributed by atoms with Gasteiger partial charge in [0, 0.05) is 41.6 Å². The zero-order valence-corrected chi connectivity index (χ0v) is 21.4. The number of anilines is 1. The third kappa shape index (κ3) is 5.26. The molecule has 2 aromatic heterocycles. The number of amides is 2. The second-order valence-corrected chi connectivity index (χ2v) is 9.80. The van der Waals surface area contributed by atoms with E-state index in [1.54, 1.807) is 25.7 Å². The number of aryl methyl sites for hydroxylation is 1. The summed E-state index contributed by atoms with van der Waals surface area (Å²) in [6.07, 6.45) is 8.84. The van der Waals surface area contributed by atoms with Crippen LogP contribution in [0.3, 0.4) is 0 Å². The Morgan fingerprint density at radius 2 is 1.76 bits per heavy atom. The van der Waals surface area contributed by atoms with Crippen LogP contribution in [-0.2, 0) is 6.54 Å². The first kappa shape index (κ1) is 24.7. The third-order valence-corrected chi connectivity index (χ3v) is 7.36. The summed E-state index contributed by atoms with van der Waals surface area (Å²) in [6, 6.07) is 10.0. The highest BCUT2D eigenvalue weighted by molar-refractivity contribution is 5.96. The number of methoxy groups -OCH3 is 1. The number of fused-ring (bicyclic) bond motifs is 2. The van der Waals surface area contributed by atoms with Gasteiger partial charge >= 0.3 is 0 Å². The average molecular weight is 501 g/mol. The summed E-state index contributed by atoms with van der Waals surface area (Å²) in [7, 11) is 1.62. The number of pyridine rings is 1. The van der Waals surface area contributed by atoms with E-state index < -0.39 is 0 Å². The summed E-state index contributed by atoms with van der Waals surface area (Å²) in [5, 5.41) is 6.12. The molecule has 9 heteroatoms. The molecule has 0 radical (unpaired) electrons. The van der Waals surface area contributed by atoms with E-state index in [1.807, 2.05) is 44.2 Å². The van der Waals surface area contributed by atoms with Gasteiger partial charge in [0.25, 0.3) is 11.8 Å². The van der Waals surface area contributed by atoms with Gasteiger partial charge in [-0.1, -0.05) is 6.07 Å². The number of nitrogens with zero attached hydrogens (tertiary/aromatic N) is 4. The Morgan fingerprint density at radius 1 is 0.973 bits per heavy atom. The predicted molar refractivity (Wildman–Crippen MR) is 140 cm³/mol. The number of hydrogen-bond acceptors (Lipinski definition) is 7. The molecule has 4 heterocycles. The number of rotatable bonds is 7. The minimum atomic E-state index is -0.196. The van der Waals surface area contributed by atoms with E-state index in [2.05, 4.69) is 30.5 Å². The molecule has 0 saturated carbocycles. The van der Waals surface area contributed by atoms with Crippen LogP contribution in [0.1, 0.15) is 63.4 Å². The largest absolute Gasteiger partial charge is 0.496 e. The molecule has 2 aliphatic heterocycles. The molecule has 0 spiro atoms. The van der Waals surface area contributed by atoms with E-state index in [0.717, 1.165) is 48.5 Å². The second kappa shape index (κ2) is 10.5. The average Bonchev–Trinajstić information content (AvgIpc) is 3.18. The molecule has 2 amide bonds. The Kier molecular flexibility index (Phi) is 7.03. The molecule has 3 atom stereocenters. The van der Waals surface area contributed by atoms with Gasteiger partial charge in [0.15, 0.2) is 0 Å².